The molecular weight excluding hydrogens is 304 g/mol. The molecule has 0 radical (unpaired) electrons. The van der Waals surface area contributed by atoms with Gasteiger partial charge < -0.3 is 15.0 Å². The van der Waals surface area contributed by atoms with Crippen molar-refractivity contribution in [1.29, 1.82) is 0 Å². The van der Waals surface area contributed by atoms with Gasteiger partial charge >= 0.3 is 0 Å². The lowest BCUT2D eigenvalue weighted by Crippen LogP contribution is -2.51. The Balaban J connectivity index is 1.70. The lowest BCUT2D eigenvalue weighted by atomic mass is 10.2. The molecule has 0 bridgehead atoms. The Labute approximate surface area is 135 Å². The van der Waals surface area contributed by atoms with E-state index in [2.05, 4.69) is 29.1 Å². The molecule has 0 spiro atoms. The van der Waals surface area contributed by atoms with Crippen molar-refractivity contribution < 1.29 is 18.3 Å². The van der Waals surface area contributed by atoms with Gasteiger partial charge in [-0.15, -0.1) is 0 Å². The molecule has 1 heterocycles. The van der Waals surface area contributed by atoms with E-state index < -0.39 is 11.6 Å². The molecule has 0 aliphatic carbocycles. The van der Waals surface area contributed by atoms with Gasteiger partial charge in [0.25, 0.3) is 5.91 Å². The molecule has 0 aromatic heterocycles. The molecule has 1 fully saturated rings. The summed E-state index contributed by atoms with van der Waals surface area (Å²) >= 11 is 0. The lowest BCUT2D eigenvalue weighted by molar-refractivity contribution is -0.123. The van der Waals surface area contributed by atoms with Crippen LogP contribution in [0.5, 0.6) is 5.75 Å². The van der Waals surface area contributed by atoms with E-state index in [0.29, 0.717) is 6.54 Å². The molecule has 1 saturated heterocycles. The van der Waals surface area contributed by atoms with E-state index in [1.807, 2.05) is 0 Å². The predicted octanol–water partition coefficient (Wildman–Crippen LogP) is 1.10. The third-order valence-corrected chi connectivity index (χ3v) is 4.01. The fraction of sp³-hybridized carbons (Fsp3) is 0.562. The molecule has 1 aromatic rings. The summed E-state index contributed by atoms with van der Waals surface area (Å²) in [5.74, 6) is -1.95. The number of hydrogen-bond acceptors (Lipinski definition) is 4. The minimum absolute atomic E-state index is 0.131. The molecule has 0 saturated carbocycles. The number of halogens is 2. The molecular formula is C16H23F2N3O2. The lowest BCUT2D eigenvalue weighted by Gasteiger charge is -2.36. The summed E-state index contributed by atoms with van der Waals surface area (Å²) in [6, 6.07) is 3.22. The van der Waals surface area contributed by atoms with Crippen molar-refractivity contribution in [2.75, 3.05) is 46.4 Å². The third-order valence-electron chi connectivity index (χ3n) is 4.01. The van der Waals surface area contributed by atoms with Gasteiger partial charge in [-0.25, -0.2) is 8.78 Å². The molecule has 1 atom stereocenters. The molecule has 1 amide bonds. The van der Waals surface area contributed by atoms with Gasteiger partial charge in [0.2, 0.25) is 0 Å². The van der Waals surface area contributed by atoms with E-state index in [9.17, 15) is 13.6 Å². The third kappa shape index (κ3) is 5.44. The highest BCUT2D eigenvalue weighted by Crippen LogP contribution is 2.17. The molecule has 128 valence electrons. The van der Waals surface area contributed by atoms with Gasteiger partial charge in [-0.05, 0) is 26.1 Å². The van der Waals surface area contributed by atoms with Gasteiger partial charge in [-0.3, -0.25) is 9.69 Å². The molecule has 1 aliphatic rings. The van der Waals surface area contributed by atoms with Crippen LogP contribution in [0.15, 0.2) is 18.2 Å². The van der Waals surface area contributed by atoms with Gasteiger partial charge in [-0.1, -0.05) is 0 Å². The molecule has 5 nitrogen and oxygen atoms in total. The van der Waals surface area contributed by atoms with Crippen LogP contribution in [0.2, 0.25) is 0 Å². The van der Waals surface area contributed by atoms with Gasteiger partial charge in [0.05, 0.1) is 0 Å². The van der Waals surface area contributed by atoms with Crippen molar-refractivity contribution in [1.82, 2.24) is 15.1 Å². The highest BCUT2D eigenvalue weighted by molar-refractivity contribution is 5.77. The predicted molar refractivity (Wildman–Crippen MR) is 83.4 cm³/mol. The number of carbonyl (C=O) groups is 1. The van der Waals surface area contributed by atoms with Gasteiger partial charge in [0.1, 0.15) is 5.82 Å². The number of nitrogens with one attached hydrogen (secondary N) is 1. The van der Waals surface area contributed by atoms with Crippen molar-refractivity contribution in [2.24, 2.45) is 0 Å². The second-order valence-corrected chi connectivity index (χ2v) is 5.86. The minimum atomic E-state index is -0.816. The number of ether oxygens (including phenoxy) is 1. The summed E-state index contributed by atoms with van der Waals surface area (Å²) < 4.78 is 31.2. The van der Waals surface area contributed by atoms with E-state index in [-0.39, 0.29) is 24.3 Å². The highest BCUT2D eigenvalue weighted by Gasteiger charge is 2.19. The van der Waals surface area contributed by atoms with Crippen LogP contribution in [0.1, 0.15) is 6.92 Å². The Hall–Kier alpha value is -1.73. The van der Waals surface area contributed by atoms with E-state index in [4.69, 9.17) is 4.74 Å². The van der Waals surface area contributed by atoms with E-state index >= 15 is 0 Å². The Morgan fingerprint density at radius 2 is 2.00 bits per heavy atom. The summed E-state index contributed by atoms with van der Waals surface area (Å²) in [6.07, 6.45) is 0. The highest BCUT2D eigenvalue weighted by atomic mass is 19.1. The number of likely N-dealkylation sites (N-methyl/N-ethyl adjacent to an activating group) is 1. The normalized spacial score (nSPS) is 17.7. The number of benzene rings is 1. The van der Waals surface area contributed by atoms with Crippen LogP contribution in [0, 0.1) is 11.6 Å². The summed E-state index contributed by atoms with van der Waals surface area (Å²) in [7, 11) is 2.09. The number of amides is 1. The fourth-order valence-electron chi connectivity index (χ4n) is 2.44. The van der Waals surface area contributed by atoms with Gasteiger partial charge in [0.15, 0.2) is 18.2 Å². The van der Waals surface area contributed by atoms with Crippen LogP contribution in [-0.2, 0) is 4.79 Å². The van der Waals surface area contributed by atoms with Crippen molar-refractivity contribution in [3.05, 3.63) is 29.8 Å². The Kier molecular flexibility index (Phi) is 6.29. The van der Waals surface area contributed by atoms with Gasteiger partial charge in [0, 0.05) is 44.8 Å². The monoisotopic (exact) mass is 327 g/mol. The first-order chi connectivity index (χ1) is 11.0. The Morgan fingerprint density at radius 3 is 2.65 bits per heavy atom. The first-order valence-corrected chi connectivity index (χ1v) is 7.73. The zero-order chi connectivity index (χ0) is 16.8. The van der Waals surface area contributed by atoms with Crippen LogP contribution in [0.4, 0.5) is 8.78 Å². The fourth-order valence-corrected chi connectivity index (χ4v) is 2.44. The zero-order valence-electron chi connectivity index (χ0n) is 13.5. The maximum atomic E-state index is 13.4. The number of nitrogens with zero attached hydrogens (tertiary/aromatic N) is 2. The van der Waals surface area contributed by atoms with Crippen LogP contribution in [-0.4, -0.2) is 68.1 Å². The van der Waals surface area contributed by atoms with Crippen molar-refractivity contribution in [3.63, 3.8) is 0 Å². The van der Waals surface area contributed by atoms with Crippen LogP contribution >= 0.6 is 0 Å². The average molecular weight is 327 g/mol. The average Bonchev–Trinajstić information content (AvgIpc) is 2.52. The summed E-state index contributed by atoms with van der Waals surface area (Å²) in [6.45, 7) is 6.27. The second-order valence-electron chi connectivity index (χ2n) is 5.86. The largest absolute Gasteiger partial charge is 0.481 e. The second kappa shape index (κ2) is 8.21. The van der Waals surface area contributed by atoms with Crippen LogP contribution < -0.4 is 10.1 Å². The van der Waals surface area contributed by atoms with E-state index in [0.717, 1.165) is 38.3 Å². The summed E-state index contributed by atoms with van der Waals surface area (Å²) in [5.41, 5.74) is 0. The quantitative estimate of drug-likeness (QED) is 0.850. The number of carbonyl (C=O) groups excluding carboxylic acids is 1. The smallest absolute Gasteiger partial charge is 0.257 e. The molecule has 2 rings (SSSR count). The Bertz CT molecular complexity index is 534. The van der Waals surface area contributed by atoms with Crippen molar-refractivity contribution in [2.45, 2.75) is 13.0 Å². The minimum Gasteiger partial charge on any atom is -0.481 e. The van der Waals surface area contributed by atoms with Crippen molar-refractivity contribution in [3.8, 4) is 5.75 Å². The van der Waals surface area contributed by atoms with Gasteiger partial charge in [-0.2, -0.15) is 0 Å². The van der Waals surface area contributed by atoms with Crippen molar-refractivity contribution >= 4 is 5.91 Å². The molecule has 7 heteroatoms. The van der Waals surface area contributed by atoms with E-state index in [1.165, 1.54) is 6.07 Å². The van der Waals surface area contributed by atoms with Crippen LogP contribution in [0.25, 0.3) is 0 Å². The molecule has 0 unspecified atom stereocenters. The van der Waals surface area contributed by atoms with Crippen LogP contribution in [0.3, 0.4) is 0 Å². The SMILES string of the molecule is C[C@H](CNC(=O)COc1ccc(F)cc1F)N1CCN(C)CC1. The summed E-state index contributed by atoms with van der Waals surface area (Å²) in [5, 5.41) is 2.78. The standard InChI is InChI=1S/C16H23F2N3O2/c1-12(21-7-5-20(2)6-8-21)10-19-16(22)11-23-15-4-3-13(17)9-14(15)18/h3-4,9,12H,5-8,10-11H2,1-2H3,(H,19,22)/t12-/m1/s1. The topological polar surface area (TPSA) is 44.8 Å². The first-order valence-electron chi connectivity index (χ1n) is 7.73. The summed E-state index contributed by atoms with van der Waals surface area (Å²) in [4.78, 5) is 16.4. The number of hydrogen-bond donors (Lipinski definition) is 1. The molecule has 1 N–H and O–H groups in total. The maximum Gasteiger partial charge on any atom is 0.257 e. The first kappa shape index (κ1) is 17.6. The molecule has 1 aliphatic heterocycles. The number of rotatable bonds is 6. The van der Waals surface area contributed by atoms with E-state index in [1.54, 1.807) is 0 Å². The molecule has 23 heavy (non-hydrogen) atoms. The zero-order valence-corrected chi connectivity index (χ0v) is 13.5. The maximum absolute atomic E-state index is 13.4. The number of piperazine rings is 1. The Morgan fingerprint density at radius 1 is 1.30 bits per heavy atom. The molecule has 1 aromatic carbocycles.